The summed E-state index contributed by atoms with van der Waals surface area (Å²) in [5.41, 5.74) is 1.83. The van der Waals surface area contributed by atoms with E-state index in [1.54, 1.807) is 4.90 Å². The molecule has 6 nitrogen and oxygen atoms in total. The molecule has 1 aromatic heterocycles. The Kier molecular flexibility index (Phi) is 5.60. The molecular weight excluding hydrogens is 364 g/mol. The first kappa shape index (κ1) is 19.1. The second-order valence-corrected chi connectivity index (χ2v) is 7.75. The van der Waals surface area contributed by atoms with Crippen molar-refractivity contribution in [1.29, 1.82) is 0 Å². The molecule has 2 N–H and O–H groups in total. The molecule has 3 rings (SSSR count). The number of aryl methyl sites for hydroxylation is 1. The number of carboxylic acids is 1. The van der Waals surface area contributed by atoms with E-state index >= 15 is 0 Å². The van der Waals surface area contributed by atoms with Gasteiger partial charge in [-0.1, -0.05) is 23.8 Å². The Morgan fingerprint density at radius 1 is 1.26 bits per heavy atom. The molecule has 1 aromatic carbocycles. The van der Waals surface area contributed by atoms with Crippen LogP contribution in [0.2, 0.25) is 0 Å². The van der Waals surface area contributed by atoms with Crippen molar-refractivity contribution >= 4 is 34.8 Å². The number of nitrogens with one attached hydrogen (secondary N) is 1. The van der Waals surface area contributed by atoms with Gasteiger partial charge in [-0.25, -0.2) is 0 Å². The van der Waals surface area contributed by atoms with Gasteiger partial charge in [-0.2, -0.15) is 0 Å². The summed E-state index contributed by atoms with van der Waals surface area (Å²) in [6, 6.07) is 10.0. The van der Waals surface area contributed by atoms with Crippen LogP contribution in [-0.2, 0) is 14.4 Å². The van der Waals surface area contributed by atoms with Crippen molar-refractivity contribution in [1.82, 2.24) is 5.32 Å². The minimum Gasteiger partial charge on any atom is -0.480 e. The molecule has 0 bridgehead atoms. The van der Waals surface area contributed by atoms with Gasteiger partial charge in [-0.3, -0.25) is 14.4 Å². The zero-order valence-corrected chi connectivity index (χ0v) is 16.0. The Bertz CT molecular complexity index is 832. The zero-order valence-electron chi connectivity index (χ0n) is 15.2. The summed E-state index contributed by atoms with van der Waals surface area (Å²) >= 11 is 1.49. The van der Waals surface area contributed by atoms with Gasteiger partial charge >= 0.3 is 5.97 Å². The molecule has 3 atom stereocenters. The lowest BCUT2D eigenvalue weighted by atomic mass is 9.86. The van der Waals surface area contributed by atoms with Crippen LogP contribution in [0, 0.1) is 12.8 Å². The van der Waals surface area contributed by atoms with E-state index in [1.807, 2.05) is 48.7 Å². The van der Waals surface area contributed by atoms with Gasteiger partial charge in [0.15, 0.2) is 0 Å². The van der Waals surface area contributed by atoms with E-state index in [0.717, 1.165) is 16.1 Å². The summed E-state index contributed by atoms with van der Waals surface area (Å²) in [7, 11) is 0. The second kappa shape index (κ2) is 7.92. The Morgan fingerprint density at radius 2 is 1.96 bits per heavy atom. The molecule has 2 aromatic rings. The van der Waals surface area contributed by atoms with Crippen molar-refractivity contribution < 1.29 is 19.5 Å². The Balaban J connectivity index is 1.98. The minimum atomic E-state index is -1.08. The maximum absolute atomic E-state index is 12.8. The number of carbonyl (C=O) groups excluding carboxylic acids is 2. The summed E-state index contributed by atoms with van der Waals surface area (Å²) in [5, 5.41) is 13.6. The predicted octanol–water partition coefficient (Wildman–Crippen LogP) is 3.13. The number of carbonyl (C=O) groups is 3. The number of benzene rings is 1. The molecule has 1 fully saturated rings. The molecule has 3 unspecified atom stereocenters. The fraction of sp³-hybridized carbons (Fsp3) is 0.350. The number of nitrogens with zero attached hydrogens (tertiary/aromatic N) is 1. The number of hydrogen-bond donors (Lipinski definition) is 2. The van der Waals surface area contributed by atoms with Crippen molar-refractivity contribution in [3.63, 3.8) is 0 Å². The summed E-state index contributed by atoms with van der Waals surface area (Å²) in [4.78, 5) is 39.4. The molecule has 0 aliphatic carbocycles. The molecule has 0 spiro atoms. The van der Waals surface area contributed by atoms with Gasteiger partial charge in [0, 0.05) is 17.0 Å². The van der Waals surface area contributed by atoms with Crippen molar-refractivity contribution in [3.05, 3.63) is 52.2 Å². The van der Waals surface area contributed by atoms with E-state index in [-0.39, 0.29) is 18.2 Å². The molecule has 1 saturated heterocycles. The first-order chi connectivity index (χ1) is 12.9. The lowest BCUT2D eigenvalue weighted by Gasteiger charge is -2.40. The maximum atomic E-state index is 12.8. The molecule has 27 heavy (non-hydrogen) atoms. The number of hydrogen-bond acceptors (Lipinski definition) is 4. The first-order valence-electron chi connectivity index (χ1n) is 8.84. The number of rotatable bonds is 5. The quantitative estimate of drug-likeness (QED) is 0.827. The smallest absolute Gasteiger partial charge is 0.325 e. The minimum absolute atomic E-state index is 0.0346. The zero-order chi connectivity index (χ0) is 19.6. The number of aliphatic carboxylic acids is 1. The van der Waals surface area contributed by atoms with E-state index in [1.165, 1.54) is 18.3 Å². The van der Waals surface area contributed by atoms with E-state index in [0.29, 0.717) is 6.42 Å². The molecule has 7 heteroatoms. The number of carboxylic acid groups (broad SMARTS) is 1. The summed E-state index contributed by atoms with van der Waals surface area (Å²) < 4.78 is 0. The van der Waals surface area contributed by atoms with Crippen LogP contribution in [0.5, 0.6) is 0 Å². The Morgan fingerprint density at radius 3 is 2.56 bits per heavy atom. The van der Waals surface area contributed by atoms with Gasteiger partial charge < -0.3 is 15.3 Å². The molecule has 2 heterocycles. The third-order valence-electron chi connectivity index (χ3n) is 4.81. The van der Waals surface area contributed by atoms with Gasteiger partial charge in [0.2, 0.25) is 11.8 Å². The van der Waals surface area contributed by atoms with Crippen LogP contribution in [0.4, 0.5) is 5.69 Å². The summed E-state index contributed by atoms with van der Waals surface area (Å²) in [6.07, 6.45) is 0.636. The van der Waals surface area contributed by atoms with Gasteiger partial charge in [0.1, 0.15) is 6.04 Å². The van der Waals surface area contributed by atoms with Crippen LogP contribution in [0.3, 0.4) is 0 Å². The van der Waals surface area contributed by atoms with Crippen LogP contribution >= 0.6 is 11.3 Å². The van der Waals surface area contributed by atoms with Gasteiger partial charge in [-0.15, -0.1) is 11.3 Å². The standard InChI is InChI=1S/C20H22N2O4S/c1-12-5-7-14(8-6-12)22-17(23)10-9-15(18(22)16-4-3-11-27-16)19(24)21-13(2)20(25)26/h3-8,11,13,15,18H,9-10H2,1-2H3,(H,21,24)(H,25,26). The summed E-state index contributed by atoms with van der Waals surface area (Å²) in [5.74, 6) is -1.97. The van der Waals surface area contributed by atoms with Crippen molar-refractivity contribution in [2.75, 3.05) is 4.90 Å². The number of piperidine rings is 1. The molecule has 0 radical (unpaired) electrons. The van der Waals surface area contributed by atoms with Gasteiger partial charge in [0.25, 0.3) is 0 Å². The number of anilines is 1. The van der Waals surface area contributed by atoms with Crippen LogP contribution in [0.15, 0.2) is 41.8 Å². The third-order valence-corrected chi connectivity index (χ3v) is 5.75. The highest BCUT2D eigenvalue weighted by Crippen LogP contribution is 2.41. The third kappa shape index (κ3) is 4.03. The monoisotopic (exact) mass is 386 g/mol. The van der Waals surface area contributed by atoms with E-state index < -0.39 is 24.0 Å². The van der Waals surface area contributed by atoms with Crippen molar-refractivity contribution in [3.8, 4) is 0 Å². The second-order valence-electron chi connectivity index (χ2n) is 6.77. The maximum Gasteiger partial charge on any atom is 0.325 e. The first-order valence-corrected chi connectivity index (χ1v) is 9.71. The van der Waals surface area contributed by atoms with Crippen LogP contribution in [0.25, 0.3) is 0 Å². The Hall–Kier alpha value is -2.67. The lowest BCUT2D eigenvalue weighted by molar-refractivity contribution is -0.142. The average Bonchev–Trinajstić information content (AvgIpc) is 3.16. The van der Waals surface area contributed by atoms with Crippen LogP contribution in [0.1, 0.15) is 36.2 Å². The largest absolute Gasteiger partial charge is 0.480 e. The summed E-state index contributed by atoms with van der Waals surface area (Å²) in [6.45, 7) is 3.41. The molecule has 2 amide bonds. The van der Waals surface area contributed by atoms with E-state index in [9.17, 15) is 14.4 Å². The van der Waals surface area contributed by atoms with Gasteiger partial charge in [-0.05, 0) is 43.8 Å². The average molecular weight is 386 g/mol. The van der Waals surface area contributed by atoms with Crippen LogP contribution < -0.4 is 10.2 Å². The molecule has 0 saturated carbocycles. The fourth-order valence-electron chi connectivity index (χ4n) is 3.34. The van der Waals surface area contributed by atoms with E-state index in [4.69, 9.17) is 5.11 Å². The number of amides is 2. The normalized spacial score (nSPS) is 21.0. The van der Waals surface area contributed by atoms with Crippen molar-refractivity contribution in [2.45, 2.75) is 38.8 Å². The molecule has 1 aliphatic rings. The number of thiophene rings is 1. The highest BCUT2D eigenvalue weighted by atomic mass is 32.1. The molecular formula is C20H22N2O4S. The highest BCUT2D eigenvalue weighted by Gasteiger charge is 2.42. The predicted molar refractivity (Wildman–Crippen MR) is 104 cm³/mol. The SMILES string of the molecule is Cc1ccc(N2C(=O)CCC(C(=O)NC(C)C(=O)O)C2c2cccs2)cc1. The lowest BCUT2D eigenvalue weighted by Crippen LogP contribution is -2.50. The molecule has 1 aliphatic heterocycles. The van der Waals surface area contributed by atoms with Gasteiger partial charge in [0.05, 0.1) is 12.0 Å². The topological polar surface area (TPSA) is 86.7 Å². The van der Waals surface area contributed by atoms with Crippen LogP contribution in [-0.4, -0.2) is 28.9 Å². The fourth-order valence-corrected chi connectivity index (χ4v) is 4.22. The van der Waals surface area contributed by atoms with E-state index in [2.05, 4.69) is 5.32 Å². The molecule has 142 valence electrons. The highest BCUT2D eigenvalue weighted by molar-refractivity contribution is 7.10. The Labute approximate surface area is 161 Å². The van der Waals surface area contributed by atoms with Crippen molar-refractivity contribution in [2.24, 2.45) is 5.92 Å².